The van der Waals surface area contributed by atoms with E-state index in [-0.39, 0.29) is 11.2 Å². The Labute approximate surface area is 135 Å². The molecule has 1 amide bonds. The van der Waals surface area contributed by atoms with Crippen LogP contribution in [0.1, 0.15) is 6.92 Å². The van der Waals surface area contributed by atoms with E-state index in [9.17, 15) is 4.79 Å². The predicted octanol–water partition coefficient (Wildman–Crippen LogP) is 3.13. The molecule has 0 aliphatic heterocycles. The van der Waals surface area contributed by atoms with Crippen molar-refractivity contribution in [2.75, 3.05) is 5.32 Å². The van der Waals surface area contributed by atoms with Crippen LogP contribution >= 0.6 is 23.4 Å². The molecule has 0 aliphatic rings. The molecule has 1 aromatic carbocycles. The maximum absolute atomic E-state index is 12.3. The summed E-state index contributed by atoms with van der Waals surface area (Å²) in [6.45, 7) is 1.81. The van der Waals surface area contributed by atoms with Gasteiger partial charge >= 0.3 is 0 Å². The second-order valence-corrected chi connectivity index (χ2v) is 6.31. The van der Waals surface area contributed by atoms with Crippen molar-refractivity contribution in [3.63, 3.8) is 0 Å². The predicted molar refractivity (Wildman–Crippen MR) is 87.1 cm³/mol. The molecule has 0 saturated carbocycles. The number of halogens is 1. The first kappa shape index (κ1) is 14.8. The molecule has 0 radical (unpaired) electrons. The number of fused-ring (bicyclic) bond motifs is 1. The standard InChI is InChI=1S/C14H12ClN5OS/c1-8(13(21)20-10-4-2-3-9(15)5-10)22-14-11-12(17-6-16-11)18-7-19-14/h2-8H,1H3,(H,20,21)(H,16,17,18,19)/t8-/m1/s1. The number of benzene rings is 1. The Morgan fingerprint density at radius 3 is 3.05 bits per heavy atom. The Hall–Kier alpha value is -2.12. The number of aromatic nitrogens is 4. The van der Waals surface area contributed by atoms with Crippen LogP contribution in [0.25, 0.3) is 11.2 Å². The summed E-state index contributed by atoms with van der Waals surface area (Å²) in [6, 6.07) is 7.03. The zero-order chi connectivity index (χ0) is 15.5. The maximum Gasteiger partial charge on any atom is 0.237 e. The quantitative estimate of drug-likeness (QED) is 0.566. The molecule has 0 fully saturated rings. The molecular weight excluding hydrogens is 322 g/mol. The second kappa shape index (κ2) is 6.33. The van der Waals surface area contributed by atoms with Crippen LogP contribution in [0.5, 0.6) is 0 Å². The monoisotopic (exact) mass is 333 g/mol. The van der Waals surface area contributed by atoms with Gasteiger partial charge in [-0.15, -0.1) is 0 Å². The molecule has 3 aromatic rings. The third-order valence-corrected chi connectivity index (χ3v) is 4.27. The molecule has 8 heteroatoms. The van der Waals surface area contributed by atoms with Crippen LogP contribution in [0.2, 0.25) is 5.02 Å². The van der Waals surface area contributed by atoms with Crippen molar-refractivity contribution in [3.8, 4) is 0 Å². The highest BCUT2D eigenvalue weighted by Crippen LogP contribution is 2.27. The lowest BCUT2D eigenvalue weighted by atomic mass is 10.3. The zero-order valence-corrected chi connectivity index (χ0v) is 13.1. The molecule has 2 aromatic heterocycles. The number of thioether (sulfide) groups is 1. The van der Waals surface area contributed by atoms with E-state index in [1.54, 1.807) is 30.6 Å². The Bertz CT molecular complexity index is 822. The number of carbonyl (C=O) groups excluding carboxylic acids is 1. The number of nitrogens with one attached hydrogen (secondary N) is 2. The molecule has 112 valence electrons. The van der Waals surface area contributed by atoms with Crippen molar-refractivity contribution in [3.05, 3.63) is 41.9 Å². The van der Waals surface area contributed by atoms with Gasteiger partial charge in [-0.05, 0) is 25.1 Å². The molecular formula is C14H12ClN5OS. The van der Waals surface area contributed by atoms with Crippen molar-refractivity contribution >= 4 is 46.1 Å². The number of rotatable bonds is 4. The fraction of sp³-hybridized carbons (Fsp3) is 0.143. The van der Waals surface area contributed by atoms with Gasteiger partial charge in [0.25, 0.3) is 0 Å². The molecule has 1 atom stereocenters. The van der Waals surface area contributed by atoms with E-state index in [1.165, 1.54) is 18.1 Å². The number of nitrogens with zero attached hydrogens (tertiary/aromatic N) is 3. The van der Waals surface area contributed by atoms with Crippen molar-refractivity contribution in [2.45, 2.75) is 17.2 Å². The highest BCUT2D eigenvalue weighted by atomic mass is 35.5. The summed E-state index contributed by atoms with van der Waals surface area (Å²) in [5.41, 5.74) is 1.98. The fourth-order valence-corrected chi connectivity index (χ4v) is 2.93. The summed E-state index contributed by atoms with van der Waals surface area (Å²) in [7, 11) is 0. The van der Waals surface area contributed by atoms with Crippen LogP contribution in [0, 0.1) is 0 Å². The minimum atomic E-state index is -0.333. The van der Waals surface area contributed by atoms with Gasteiger partial charge in [0.1, 0.15) is 16.9 Å². The summed E-state index contributed by atoms with van der Waals surface area (Å²) >= 11 is 7.25. The minimum absolute atomic E-state index is 0.126. The summed E-state index contributed by atoms with van der Waals surface area (Å²) in [5.74, 6) is -0.126. The highest BCUT2D eigenvalue weighted by Gasteiger charge is 2.18. The molecule has 0 saturated heterocycles. The number of amides is 1. The number of aromatic amines is 1. The van der Waals surface area contributed by atoms with Crippen molar-refractivity contribution in [2.24, 2.45) is 0 Å². The number of H-pyrrole nitrogens is 1. The van der Waals surface area contributed by atoms with E-state index < -0.39 is 0 Å². The second-order valence-electron chi connectivity index (χ2n) is 4.54. The minimum Gasteiger partial charge on any atom is -0.341 e. The van der Waals surface area contributed by atoms with Gasteiger partial charge in [-0.25, -0.2) is 15.0 Å². The first-order valence-corrected chi connectivity index (χ1v) is 7.76. The number of hydrogen-bond acceptors (Lipinski definition) is 5. The zero-order valence-electron chi connectivity index (χ0n) is 11.6. The van der Waals surface area contributed by atoms with Gasteiger partial charge in [-0.2, -0.15) is 0 Å². The van der Waals surface area contributed by atoms with E-state index in [4.69, 9.17) is 11.6 Å². The van der Waals surface area contributed by atoms with E-state index >= 15 is 0 Å². The van der Waals surface area contributed by atoms with Crippen LogP contribution in [0.3, 0.4) is 0 Å². The first-order chi connectivity index (χ1) is 10.6. The first-order valence-electron chi connectivity index (χ1n) is 6.50. The smallest absolute Gasteiger partial charge is 0.237 e. The molecule has 22 heavy (non-hydrogen) atoms. The van der Waals surface area contributed by atoms with Crippen molar-refractivity contribution in [1.82, 2.24) is 19.9 Å². The number of anilines is 1. The topological polar surface area (TPSA) is 83.6 Å². The SMILES string of the molecule is C[C@@H](Sc1ncnc2nc[nH]c12)C(=O)Nc1cccc(Cl)c1. The fourth-order valence-electron chi connectivity index (χ4n) is 1.86. The van der Waals surface area contributed by atoms with E-state index in [1.807, 2.05) is 6.92 Å². The Kier molecular flexibility index (Phi) is 4.26. The molecule has 0 aliphatic carbocycles. The third kappa shape index (κ3) is 3.20. The highest BCUT2D eigenvalue weighted by molar-refractivity contribution is 8.00. The normalized spacial score (nSPS) is 12.3. The van der Waals surface area contributed by atoms with Crippen LogP contribution < -0.4 is 5.32 Å². The van der Waals surface area contributed by atoms with Crippen LogP contribution in [-0.2, 0) is 4.79 Å². The van der Waals surface area contributed by atoms with Crippen LogP contribution in [0.4, 0.5) is 5.69 Å². The van der Waals surface area contributed by atoms with Crippen molar-refractivity contribution in [1.29, 1.82) is 0 Å². The van der Waals surface area contributed by atoms with Gasteiger partial charge < -0.3 is 10.3 Å². The number of hydrogen-bond donors (Lipinski definition) is 2. The van der Waals surface area contributed by atoms with Crippen LogP contribution in [-0.4, -0.2) is 31.1 Å². The summed E-state index contributed by atoms with van der Waals surface area (Å²) in [6.07, 6.45) is 2.99. The van der Waals surface area contributed by atoms with E-state index in [2.05, 4.69) is 25.3 Å². The molecule has 0 unspecified atom stereocenters. The van der Waals surface area contributed by atoms with Gasteiger partial charge in [0.2, 0.25) is 5.91 Å². The molecule has 2 heterocycles. The summed E-state index contributed by atoms with van der Waals surface area (Å²) < 4.78 is 0. The molecule has 0 bridgehead atoms. The van der Waals surface area contributed by atoms with Gasteiger partial charge in [0.05, 0.1) is 11.6 Å². The van der Waals surface area contributed by atoms with E-state index in [0.717, 1.165) is 5.52 Å². The van der Waals surface area contributed by atoms with Gasteiger partial charge in [-0.3, -0.25) is 4.79 Å². The van der Waals surface area contributed by atoms with E-state index in [0.29, 0.717) is 21.4 Å². The lowest BCUT2D eigenvalue weighted by molar-refractivity contribution is -0.115. The third-order valence-electron chi connectivity index (χ3n) is 2.94. The number of carbonyl (C=O) groups is 1. The lowest BCUT2D eigenvalue weighted by Crippen LogP contribution is -2.22. The molecule has 2 N–H and O–H groups in total. The Balaban J connectivity index is 1.72. The van der Waals surface area contributed by atoms with Gasteiger partial charge in [0.15, 0.2) is 5.65 Å². The average molecular weight is 334 g/mol. The van der Waals surface area contributed by atoms with Crippen molar-refractivity contribution < 1.29 is 4.79 Å². The van der Waals surface area contributed by atoms with Gasteiger partial charge in [-0.1, -0.05) is 29.4 Å². The summed E-state index contributed by atoms with van der Waals surface area (Å²) in [5, 5.41) is 3.77. The average Bonchev–Trinajstić information content (AvgIpc) is 2.96. The van der Waals surface area contributed by atoms with Gasteiger partial charge in [0, 0.05) is 10.7 Å². The maximum atomic E-state index is 12.3. The molecule has 0 spiro atoms. The Morgan fingerprint density at radius 2 is 2.23 bits per heavy atom. The summed E-state index contributed by atoms with van der Waals surface area (Å²) in [4.78, 5) is 27.6. The number of imidazole rings is 1. The molecule has 3 rings (SSSR count). The molecule has 6 nitrogen and oxygen atoms in total. The largest absolute Gasteiger partial charge is 0.341 e. The Morgan fingerprint density at radius 1 is 1.36 bits per heavy atom. The lowest BCUT2D eigenvalue weighted by Gasteiger charge is -2.11. The van der Waals surface area contributed by atoms with Crippen LogP contribution in [0.15, 0.2) is 41.9 Å².